The highest BCUT2D eigenvalue weighted by atomic mass is 19.1. The van der Waals surface area contributed by atoms with Crippen molar-refractivity contribution >= 4 is 23.1 Å². The molecule has 1 N–H and O–H groups in total. The van der Waals surface area contributed by atoms with Crippen LogP contribution in [0.2, 0.25) is 0 Å². The van der Waals surface area contributed by atoms with E-state index in [-0.39, 0.29) is 5.56 Å². The summed E-state index contributed by atoms with van der Waals surface area (Å²) in [5, 5.41) is 2.51. The van der Waals surface area contributed by atoms with Crippen LogP contribution in [0.4, 0.5) is 15.8 Å². The molecule has 0 aromatic heterocycles. The Hall–Kier alpha value is -1.91. The summed E-state index contributed by atoms with van der Waals surface area (Å²) in [5.74, 6) is -0.398. The van der Waals surface area contributed by atoms with Crippen molar-refractivity contribution in [2.45, 2.75) is 19.3 Å². The van der Waals surface area contributed by atoms with E-state index in [9.17, 15) is 14.0 Å². The van der Waals surface area contributed by atoms with Crippen LogP contribution in [0.1, 0.15) is 29.6 Å². The first-order valence-corrected chi connectivity index (χ1v) is 7.07. The van der Waals surface area contributed by atoms with Crippen molar-refractivity contribution in [1.82, 2.24) is 0 Å². The second-order valence-corrected chi connectivity index (χ2v) is 5.99. The molecule has 0 spiro atoms. The lowest BCUT2D eigenvalue weighted by molar-refractivity contribution is -0.112. The number of carbonyl (C=O) groups is 2. The number of amides is 1. The molecule has 2 atom stereocenters. The van der Waals surface area contributed by atoms with Gasteiger partial charge in [-0.2, -0.15) is 0 Å². The standard InChI is InChI=1S/C15H15FN2O2/c16-11-4-10-12(17-15(20)14(10)19)5-13(11)18-6-8-2-1-3-9(8)7-18/h4-5,8-9H,1-3,6-7H2,(H,17,19,20). The minimum Gasteiger partial charge on any atom is -0.369 e. The summed E-state index contributed by atoms with van der Waals surface area (Å²) in [6.45, 7) is 1.75. The predicted molar refractivity (Wildman–Crippen MR) is 72.4 cm³/mol. The van der Waals surface area contributed by atoms with Crippen molar-refractivity contribution < 1.29 is 14.0 Å². The summed E-state index contributed by atoms with van der Waals surface area (Å²) in [6.07, 6.45) is 3.73. The van der Waals surface area contributed by atoms with Crippen molar-refractivity contribution in [3.8, 4) is 0 Å². The number of nitrogens with one attached hydrogen (secondary N) is 1. The van der Waals surface area contributed by atoms with E-state index >= 15 is 0 Å². The van der Waals surface area contributed by atoms with Crippen LogP contribution < -0.4 is 10.2 Å². The van der Waals surface area contributed by atoms with Gasteiger partial charge in [0.2, 0.25) is 0 Å². The zero-order valence-corrected chi connectivity index (χ0v) is 11.0. The van der Waals surface area contributed by atoms with Gasteiger partial charge in [-0.25, -0.2) is 4.39 Å². The van der Waals surface area contributed by atoms with Crippen LogP contribution in [-0.4, -0.2) is 24.8 Å². The molecule has 4 nitrogen and oxygen atoms in total. The minimum absolute atomic E-state index is 0.149. The van der Waals surface area contributed by atoms with Crippen LogP contribution in [0.15, 0.2) is 12.1 Å². The number of benzene rings is 1. The SMILES string of the molecule is O=C1Nc2cc(N3CC4CCCC4C3)c(F)cc2C1=O. The van der Waals surface area contributed by atoms with E-state index in [1.54, 1.807) is 6.07 Å². The number of ketones is 1. The van der Waals surface area contributed by atoms with Gasteiger partial charge in [0, 0.05) is 13.1 Å². The first-order valence-electron chi connectivity index (χ1n) is 7.07. The molecule has 5 heteroatoms. The van der Waals surface area contributed by atoms with Crippen LogP contribution in [0.25, 0.3) is 0 Å². The number of fused-ring (bicyclic) bond motifs is 2. The number of nitrogens with zero attached hydrogens (tertiary/aromatic N) is 1. The molecular weight excluding hydrogens is 259 g/mol. The topological polar surface area (TPSA) is 49.4 Å². The molecule has 2 heterocycles. The van der Waals surface area contributed by atoms with Crippen molar-refractivity contribution in [3.05, 3.63) is 23.5 Å². The maximum atomic E-state index is 14.2. The van der Waals surface area contributed by atoms with Gasteiger partial charge in [-0.15, -0.1) is 0 Å². The molecule has 20 heavy (non-hydrogen) atoms. The van der Waals surface area contributed by atoms with Gasteiger partial charge in [-0.3, -0.25) is 9.59 Å². The molecule has 2 aliphatic heterocycles. The van der Waals surface area contributed by atoms with Crippen LogP contribution in [0.5, 0.6) is 0 Å². The van der Waals surface area contributed by atoms with Gasteiger partial charge in [-0.05, 0) is 36.8 Å². The number of carbonyl (C=O) groups excluding carboxylic acids is 2. The Balaban J connectivity index is 1.69. The van der Waals surface area contributed by atoms with E-state index < -0.39 is 17.5 Å². The summed E-state index contributed by atoms with van der Waals surface area (Å²) in [4.78, 5) is 24.9. The van der Waals surface area contributed by atoms with Gasteiger partial charge in [-0.1, -0.05) is 6.42 Å². The minimum atomic E-state index is -0.671. The molecule has 2 unspecified atom stereocenters. The molecule has 1 saturated heterocycles. The Kier molecular flexibility index (Phi) is 2.40. The first kappa shape index (κ1) is 11.9. The zero-order valence-electron chi connectivity index (χ0n) is 11.0. The van der Waals surface area contributed by atoms with E-state index in [1.807, 2.05) is 0 Å². The molecule has 1 aromatic carbocycles. The summed E-state index contributed by atoms with van der Waals surface area (Å²) in [5.41, 5.74) is 1.09. The fourth-order valence-corrected chi connectivity index (χ4v) is 3.83. The lowest BCUT2D eigenvalue weighted by Crippen LogP contribution is -2.22. The monoisotopic (exact) mass is 274 g/mol. The van der Waals surface area contributed by atoms with Crippen LogP contribution in [-0.2, 0) is 4.79 Å². The second kappa shape index (κ2) is 4.04. The maximum absolute atomic E-state index is 14.2. The third-order valence-electron chi connectivity index (χ3n) is 4.85. The molecule has 1 amide bonds. The Morgan fingerprint density at radius 2 is 1.85 bits per heavy atom. The Bertz CT molecular complexity index is 617. The Morgan fingerprint density at radius 3 is 2.55 bits per heavy atom. The average Bonchev–Trinajstić information content (AvgIpc) is 3.05. The Morgan fingerprint density at radius 1 is 1.15 bits per heavy atom. The van der Waals surface area contributed by atoms with Gasteiger partial charge in [0.25, 0.3) is 11.7 Å². The second-order valence-electron chi connectivity index (χ2n) is 5.99. The van der Waals surface area contributed by atoms with Crippen LogP contribution in [0.3, 0.4) is 0 Å². The van der Waals surface area contributed by atoms with Crippen LogP contribution in [0, 0.1) is 17.7 Å². The first-order chi connectivity index (χ1) is 9.63. The maximum Gasteiger partial charge on any atom is 0.296 e. The summed E-state index contributed by atoms with van der Waals surface area (Å²) >= 11 is 0. The largest absolute Gasteiger partial charge is 0.369 e. The molecule has 1 saturated carbocycles. The number of halogens is 1. The number of hydrogen-bond donors (Lipinski definition) is 1. The normalized spacial score (nSPS) is 27.8. The molecule has 4 rings (SSSR count). The number of rotatable bonds is 1. The molecule has 1 aliphatic carbocycles. The van der Waals surface area contributed by atoms with Gasteiger partial charge in [0.1, 0.15) is 5.82 Å². The van der Waals surface area contributed by atoms with Crippen molar-refractivity contribution in [3.63, 3.8) is 0 Å². The quantitative estimate of drug-likeness (QED) is 0.799. The van der Waals surface area contributed by atoms with Crippen LogP contribution >= 0.6 is 0 Å². The smallest absolute Gasteiger partial charge is 0.296 e. The lowest BCUT2D eigenvalue weighted by Gasteiger charge is -2.21. The van der Waals surface area contributed by atoms with E-state index in [4.69, 9.17) is 0 Å². The fraction of sp³-hybridized carbons (Fsp3) is 0.467. The fourth-order valence-electron chi connectivity index (χ4n) is 3.83. The van der Waals surface area contributed by atoms with Gasteiger partial charge in [0.15, 0.2) is 0 Å². The number of Topliss-reactive ketones (excluding diaryl/α,β-unsaturated/α-hetero) is 1. The van der Waals surface area contributed by atoms with Gasteiger partial charge >= 0.3 is 0 Å². The van der Waals surface area contributed by atoms with E-state index in [1.165, 1.54) is 25.3 Å². The third kappa shape index (κ3) is 1.58. The van der Waals surface area contributed by atoms with Gasteiger partial charge < -0.3 is 10.2 Å². The van der Waals surface area contributed by atoms with E-state index in [0.29, 0.717) is 23.2 Å². The van der Waals surface area contributed by atoms with Crippen molar-refractivity contribution in [2.75, 3.05) is 23.3 Å². The lowest BCUT2D eigenvalue weighted by atomic mass is 10.0. The van der Waals surface area contributed by atoms with Gasteiger partial charge in [0.05, 0.1) is 16.9 Å². The summed E-state index contributed by atoms with van der Waals surface area (Å²) in [7, 11) is 0. The highest BCUT2D eigenvalue weighted by Crippen LogP contribution is 2.41. The molecular formula is C15H15FN2O2. The molecule has 3 aliphatic rings. The third-order valence-corrected chi connectivity index (χ3v) is 4.85. The van der Waals surface area contributed by atoms with E-state index in [0.717, 1.165) is 13.1 Å². The Labute approximate surface area is 115 Å². The molecule has 0 bridgehead atoms. The highest BCUT2D eigenvalue weighted by Gasteiger charge is 2.38. The highest BCUT2D eigenvalue weighted by molar-refractivity contribution is 6.51. The molecule has 2 fully saturated rings. The predicted octanol–water partition coefficient (Wildman–Crippen LogP) is 2.20. The molecule has 0 radical (unpaired) electrons. The molecule has 104 valence electrons. The number of hydrogen-bond acceptors (Lipinski definition) is 3. The average molecular weight is 274 g/mol. The summed E-state index contributed by atoms with van der Waals surface area (Å²) in [6, 6.07) is 2.80. The number of anilines is 2. The zero-order chi connectivity index (χ0) is 13.9. The summed E-state index contributed by atoms with van der Waals surface area (Å²) < 4.78 is 14.2. The molecule has 1 aromatic rings. The van der Waals surface area contributed by atoms with Crippen molar-refractivity contribution in [1.29, 1.82) is 0 Å². The van der Waals surface area contributed by atoms with Crippen molar-refractivity contribution in [2.24, 2.45) is 11.8 Å². The van der Waals surface area contributed by atoms with E-state index in [2.05, 4.69) is 10.2 Å².